The number of hydrogen-bond acceptors (Lipinski definition) is 6. The molecule has 0 aromatic heterocycles. The van der Waals surface area contributed by atoms with Crippen LogP contribution in [0.15, 0.2) is 0 Å². The van der Waals surface area contributed by atoms with Crippen LogP contribution in [0.25, 0.3) is 0 Å². The summed E-state index contributed by atoms with van der Waals surface area (Å²) in [4.78, 5) is 0. The predicted octanol–water partition coefficient (Wildman–Crippen LogP) is 1.99. The Kier molecular flexibility index (Phi) is 15.8. The Balaban J connectivity index is 3.63. The lowest BCUT2D eigenvalue weighted by Crippen LogP contribution is -2.40. The van der Waals surface area contributed by atoms with Crippen molar-refractivity contribution in [3.8, 4) is 0 Å². The number of nitrogens with one attached hydrogen (secondary N) is 4. The molecule has 0 spiro atoms. The van der Waals surface area contributed by atoms with Crippen LogP contribution in [0, 0.1) is 0 Å². The van der Waals surface area contributed by atoms with Crippen molar-refractivity contribution in [3.05, 3.63) is 0 Å². The van der Waals surface area contributed by atoms with Crippen LogP contribution in [0.1, 0.15) is 12.8 Å². The minimum Gasteiger partial charge on any atom is -0.362 e. The highest BCUT2D eigenvalue weighted by molar-refractivity contribution is 8.76. The summed E-state index contributed by atoms with van der Waals surface area (Å²) in [6.07, 6.45) is 2.10. The van der Waals surface area contributed by atoms with E-state index < -0.39 is 0 Å². The highest BCUT2D eigenvalue weighted by atomic mass is 33.1. The fourth-order valence-corrected chi connectivity index (χ4v) is 4.05. The lowest BCUT2D eigenvalue weighted by Gasteiger charge is -2.17. The van der Waals surface area contributed by atoms with Crippen molar-refractivity contribution < 1.29 is 0 Å². The van der Waals surface area contributed by atoms with Crippen LogP contribution in [-0.2, 0) is 0 Å². The SMILES string of the molecule is S=CNC(CCSSCCC(NC=S)NC=S)NC=S. The molecule has 0 heterocycles. The van der Waals surface area contributed by atoms with Gasteiger partial charge in [-0.25, -0.2) is 0 Å². The molecule has 114 valence electrons. The van der Waals surface area contributed by atoms with Gasteiger partial charge in [-0.05, 0) is 12.8 Å². The van der Waals surface area contributed by atoms with E-state index in [0.29, 0.717) is 0 Å². The first-order valence-corrected chi connectivity index (χ1v) is 10.2. The molecule has 0 rings (SSSR count). The maximum atomic E-state index is 4.77. The summed E-state index contributed by atoms with van der Waals surface area (Å²) in [5, 5.41) is 12.1. The minimum absolute atomic E-state index is 0.110. The van der Waals surface area contributed by atoms with E-state index in [0.717, 1.165) is 24.3 Å². The van der Waals surface area contributed by atoms with Gasteiger partial charge in [0.05, 0.1) is 34.3 Å². The minimum atomic E-state index is 0.110. The van der Waals surface area contributed by atoms with Crippen molar-refractivity contribution in [2.45, 2.75) is 25.2 Å². The summed E-state index contributed by atoms with van der Waals surface area (Å²) < 4.78 is 0. The first kappa shape index (κ1) is 20.3. The van der Waals surface area contributed by atoms with Crippen LogP contribution >= 0.6 is 70.5 Å². The Labute approximate surface area is 149 Å². The van der Waals surface area contributed by atoms with E-state index >= 15 is 0 Å². The van der Waals surface area contributed by atoms with Crippen LogP contribution in [0.5, 0.6) is 0 Å². The molecule has 4 nitrogen and oxygen atoms in total. The lowest BCUT2D eigenvalue weighted by atomic mass is 10.4. The van der Waals surface area contributed by atoms with E-state index in [-0.39, 0.29) is 12.3 Å². The van der Waals surface area contributed by atoms with Crippen molar-refractivity contribution in [2.24, 2.45) is 0 Å². The number of hydrogen-bond donors (Lipinski definition) is 4. The summed E-state index contributed by atoms with van der Waals surface area (Å²) in [6.45, 7) is 0. The molecular formula is C10H18N4S6. The molecule has 0 aliphatic carbocycles. The fraction of sp³-hybridized carbons (Fsp3) is 0.600. The summed E-state index contributed by atoms with van der Waals surface area (Å²) in [7, 11) is 3.65. The van der Waals surface area contributed by atoms with E-state index in [4.69, 9.17) is 48.9 Å². The van der Waals surface area contributed by atoms with E-state index in [1.807, 2.05) is 21.6 Å². The first-order valence-electron chi connectivity index (χ1n) is 5.81. The van der Waals surface area contributed by atoms with Gasteiger partial charge in [-0.1, -0.05) is 70.5 Å². The molecule has 0 atom stereocenters. The molecule has 10 heteroatoms. The zero-order valence-corrected chi connectivity index (χ0v) is 15.6. The molecular weight excluding hydrogens is 369 g/mol. The van der Waals surface area contributed by atoms with Gasteiger partial charge in [-0.15, -0.1) is 0 Å². The maximum absolute atomic E-state index is 4.77. The quantitative estimate of drug-likeness (QED) is 0.145. The highest BCUT2D eigenvalue weighted by Crippen LogP contribution is 2.23. The van der Waals surface area contributed by atoms with Crippen LogP contribution in [-0.4, -0.2) is 45.8 Å². The monoisotopic (exact) mass is 386 g/mol. The van der Waals surface area contributed by atoms with Crippen molar-refractivity contribution in [1.29, 1.82) is 0 Å². The molecule has 4 N–H and O–H groups in total. The third-order valence-electron chi connectivity index (χ3n) is 2.14. The molecule has 0 amide bonds. The van der Waals surface area contributed by atoms with E-state index in [9.17, 15) is 0 Å². The van der Waals surface area contributed by atoms with Gasteiger partial charge in [0, 0.05) is 11.5 Å². The fourth-order valence-electron chi connectivity index (χ4n) is 1.21. The average molecular weight is 387 g/mol. The van der Waals surface area contributed by atoms with Gasteiger partial charge in [0.25, 0.3) is 0 Å². The Bertz CT molecular complexity index is 243. The van der Waals surface area contributed by atoms with Gasteiger partial charge in [0.15, 0.2) is 0 Å². The molecule has 0 aliphatic heterocycles. The Morgan fingerprint density at radius 1 is 0.650 bits per heavy atom. The topological polar surface area (TPSA) is 48.1 Å². The van der Waals surface area contributed by atoms with Crippen LogP contribution < -0.4 is 21.3 Å². The highest BCUT2D eigenvalue weighted by Gasteiger charge is 2.05. The molecule has 0 radical (unpaired) electrons. The summed E-state index contributed by atoms with van der Waals surface area (Å²) in [5.74, 6) is 2.01. The Morgan fingerprint density at radius 2 is 0.950 bits per heavy atom. The van der Waals surface area contributed by atoms with Crippen molar-refractivity contribution in [3.63, 3.8) is 0 Å². The molecule has 0 bridgehead atoms. The maximum Gasteiger partial charge on any atom is 0.0975 e. The summed E-state index contributed by atoms with van der Waals surface area (Å²) in [5.41, 5.74) is 6.03. The van der Waals surface area contributed by atoms with E-state index in [1.165, 1.54) is 22.0 Å². The third kappa shape index (κ3) is 12.0. The van der Waals surface area contributed by atoms with Gasteiger partial charge in [-0.2, -0.15) is 0 Å². The number of thiocarbonyl (C=S) groups is 4. The van der Waals surface area contributed by atoms with E-state index in [2.05, 4.69) is 21.3 Å². The van der Waals surface area contributed by atoms with Crippen LogP contribution in [0.4, 0.5) is 0 Å². The number of rotatable bonds is 15. The molecule has 20 heavy (non-hydrogen) atoms. The van der Waals surface area contributed by atoms with Gasteiger partial charge in [0.1, 0.15) is 0 Å². The standard InChI is InChI=1S/C10H18N4S6/c15-5-11-9(12-6-16)1-3-19-20-4-2-10(13-7-17)14-8-18/h5-10H,1-4H2,(H,11,15)(H,12,16)(H,13,17)(H,14,18). The summed E-state index contributed by atoms with van der Waals surface area (Å²) >= 11 is 19.1. The smallest absolute Gasteiger partial charge is 0.0975 e. The van der Waals surface area contributed by atoms with Crippen LogP contribution in [0.2, 0.25) is 0 Å². The van der Waals surface area contributed by atoms with Crippen LogP contribution in [0.3, 0.4) is 0 Å². The second-order valence-corrected chi connectivity index (χ2v) is 7.11. The van der Waals surface area contributed by atoms with Gasteiger partial charge >= 0.3 is 0 Å². The molecule has 0 aromatic rings. The summed E-state index contributed by atoms with van der Waals surface area (Å²) in [6, 6.07) is 0. The van der Waals surface area contributed by atoms with Crippen molar-refractivity contribution in [1.82, 2.24) is 21.3 Å². The van der Waals surface area contributed by atoms with Gasteiger partial charge in [0.2, 0.25) is 0 Å². The predicted molar refractivity (Wildman–Crippen MR) is 109 cm³/mol. The largest absolute Gasteiger partial charge is 0.362 e. The van der Waals surface area contributed by atoms with Gasteiger partial charge < -0.3 is 21.3 Å². The second-order valence-electron chi connectivity index (χ2n) is 3.46. The Morgan fingerprint density at radius 3 is 1.20 bits per heavy atom. The Hall–Kier alpha value is 0.260. The second kappa shape index (κ2) is 15.6. The average Bonchev–Trinajstić information content (AvgIpc) is 2.43. The van der Waals surface area contributed by atoms with E-state index in [1.54, 1.807) is 0 Å². The molecule has 0 aliphatic rings. The normalized spacial score (nSPS) is 9.90. The third-order valence-corrected chi connectivity index (χ3v) is 5.16. The van der Waals surface area contributed by atoms with Crippen molar-refractivity contribution >= 4 is 92.4 Å². The zero-order valence-electron chi connectivity index (χ0n) is 10.7. The molecule has 0 saturated carbocycles. The molecule has 0 unspecified atom stereocenters. The zero-order chi connectivity index (χ0) is 15.1. The first-order chi connectivity index (χ1) is 9.78. The molecule has 0 fully saturated rings. The molecule has 0 saturated heterocycles. The molecule has 0 aromatic carbocycles. The van der Waals surface area contributed by atoms with Gasteiger partial charge in [-0.3, -0.25) is 0 Å². The van der Waals surface area contributed by atoms with Crippen molar-refractivity contribution in [2.75, 3.05) is 11.5 Å². The lowest BCUT2D eigenvalue weighted by molar-refractivity contribution is 0.574.